The lowest BCUT2D eigenvalue weighted by Gasteiger charge is -2.29. The van der Waals surface area contributed by atoms with E-state index in [1.807, 2.05) is 39.8 Å². The number of nitrogens with zero attached hydrogens (tertiary/aromatic N) is 3. The predicted molar refractivity (Wildman–Crippen MR) is 119 cm³/mol. The van der Waals surface area contributed by atoms with Crippen LogP contribution >= 0.6 is 0 Å². The molecule has 1 saturated carbocycles. The molecule has 174 valence electrons. The van der Waals surface area contributed by atoms with Crippen LogP contribution in [0.3, 0.4) is 0 Å². The smallest absolute Gasteiger partial charge is 0.356 e. The molecule has 0 saturated heterocycles. The Morgan fingerprint density at radius 3 is 2.64 bits per heavy atom. The highest BCUT2D eigenvalue weighted by atomic mass is 16.6. The van der Waals surface area contributed by atoms with Crippen LogP contribution in [0.4, 0.5) is 0 Å². The molecule has 0 aliphatic heterocycles. The second-order valence-electron chi connectivity index (χ2n) is 9.42. The number of fused-ring (bicyclic) bond motifs is 2. The molecule has 1 amide bonds. The van der Waals surface area contributed by atoms with Gasteiger partial charge >= 0.3 is 11.9 Å². The van der Waals surface area contributed by atoms with Gasteiger partial charge in [-0.1, -0.05) is 17.7 Å². The molecular weight excluding hydrogens is 424 g/mol. The number of nitrogens with one attached hydrogen (secondary N) is 1. The van der Waals surface area contributed by atoms with Crippen LogP contribution in [0.2, 0.25) is 0 Å². The van der Waals surface area contributed by atoms with E-state index in [-0.39, 0.29) is 41.1 Å². The van der Waals surface area contributed by atoms with Gasteiger partial charge in [0, 0.05) is 24.1 Å². The normalized spacial score (nSPS) is 22.3. The Hall–Kier alpha value is -3.49. The Labute approximate surface area is 191 Å². The fourth-order valence-corrected chi connectivity index (χ4v) is 4.59. The lowest BCUT2D eigenvalue weighted by molar-refractivity contribution is -0.149. The Balaban J connectivity index is 1.54. The summed E-state index contributed by atoms with van der Waals surface area (Å²) in [5, 5.41) is 7.25. The molecule has 2 unspecified atom stereocenters. The number of carbonyl (C=O) groups excluding carboxylic acids is 3. The molecule has 2 aliphatic rings. The number of esters is 2. The van der Waals surface area contributed by atoms with Crippen molar-refractivity contribution in [1.29, 1.82) is 0 Å². The topological polar surface area (TPSA) is 112 Å². The van der Waals surface area contributed by atoms with Crippen LogP contribution in [0, 0.1) is 11.8 Å². The summed E-state index contributed by atoms with van der Waals surface area (Å²) in [7, 11) is 1.26. The lowest BCUT2D eigenvalue weighted by atomic mass is 9.81. The molecule has 4 rings (SSSR count). The van der Waals surface area contributed by atoms with Crippen molar-refractivity contribution in [2.45, 2.75) is 52.2 Å². The SMILES string of the molecule is COC(=O)c1cc(C(=O)N[C@H]2CCC3C(C)=C(C(=O)OC(C)(C)C)C=CC32)n2nccc2n1. The third-order valence-corrected chi connectivity index (χ3v) is 6.11. The van der Waals surface area contributed by atoms with Crippen molar-refractivity contribution in [1.82, 2.24) is 19.9 Å². The highest BCUT2D eigenvalue weighted by Crippen LogP contribution is 2.42. The average Bonchev–Trinajstić information content (AvgIpc) is 3.38. The second kappa shape index (κ2) is 8.46. The van der Waals surface area contributed by atoms with Gasteiger partial charge in [-0.15, -0.1) is 0 Å². The molecule has 2 aromatic rings. The fourth-order valence-electron chi connectivity index (χ4n) is 4.59. The number of ether oxygens (including phenoxy) is 2. The van der Waals surface area contributed by atoms with Crippen molar-refractivity contribution < 1.29 is 23.9 Å². The van der Waals surface area contributed by atoms with Gasteiger partial charge in [0.05, 0.1) is 18.9 Å². The molecule has 2 aliphatic carbocycles. The van der Waals surface area contributed by atoms with Gasteiger partial charge in [-0.2, -0.15) is 5.10 Å². The molecule has 33 heavy (non-hydrogen) atoms. The first-order chi connectivity index (χ1) is 15.6. The van der Waals surface area contributed by atoms with Crippen LogP contribution in [0.1, 0.15) is 61.5 Å². The average molecular weight is 453 g/mol. The van der Waals surface area contributed by atoms with Gasteiger partial charge in [0.2, 0.25) is 0 Å². The first-order valence-corrected chi connectivity index (χ1v) is 11.0. The molecular formula is C24H28N4O5. The van der Waals surface area contributed by atoms with Crippen LogP contribution in [0.5, 0.6) is 0 Å². The number of methoxy groups -OCH3 is 1. The summed E-state index contributed by atoms with van der Waals surface area (Å²) in [6.07, 6.45) is 6.93. The van der Waals surface area contributed by atoms with Gasteiger partial charge in [0.25, 0.3) is 5.91 Å². The van der Waals surface area contributed by atoms with E-state index < -0.39 is 11.6 Å². The van der Waals surface area contributed by atoms with Crippen molar-refractivity contribution in [2.75, 3.05) is 7.11 Å². The van der Waals surface area contributed by atoms with Crippen LogP contribution < -0.4 is 5.32 Å². The van der Waals surface area contributed by atoms with Gasteiger partial charge in [0.1, 0.15) is 11.3 Å². The third kappa shape index (κ3) is 4.40. The van der Waals surface area contributed by atoms with E-state index in [9.17, 15) is 14.4 Å². The molecule has 3 atom stereocenters. The largest absolute Gasteiger partial charge is 0.464 e. The monoisotopic (exact) mass is 452 g/mol. The van der Waals surface area contributed by atoms with Gasteiger partial charge < -0.3 is 14.8 Å². The summed E-state index contributed by atoms with van der Waals surface area (Å²) in [4.78, 5) is 42.0. The molecule has 2 aromatic heterocycles. The van der Waals surface area contributed by atoms with Crippen LogP contribution in [-0.4, -0.2) is 51.2 Å². The first-order valence-electron chi connectivity index (χ1n) is 11.0. The number of hydrogen-bond donors (Lipinski definition) is 1. The third-order valence-electron chi connectivity index (χ3n) is 6.11. The van der Waals surface area contributed by atoms with E-state index >= 15 is 0 Å². The maximum absolute atomic E-state index is 13.2. The minimum absolute atomic E-state index is 0.0401. The summed E-state index contributed by atoms with van der Waals surface area (Å²) >= 11 is 0. The Morgan fingerprint density at radius 2 is 1.94 bits per heavy atom. The van der Waals surface area contributed by atoms with Crippen molar-refractivity contribution in [3.63, 3.8) is 0 Å². The van der Waals surface area contributed by atoms with Gasteiger partial charge in [-0.3, -0.25) is 4.79 Å². The van der Waals surface area contributed by atoms with E-state index in [4.69, 9.17) is 9.47 Å². The van der Waals surface area contributed by atoms with Crippen LogP contribution in [0.15, 0.2) is 41.6 Å². The minimum Gasteiger partial charge on any atom is -0.464 e. The summed E-state index contributed by atoms with van der Waals surface area (Å²) in [5.41, 5.74) is 1.64. The number of carbonyl (C=O) groups is 3. The number of allylic oxidation sites excluding steroid dienone is 1. The predicted octanol–water partition coefficient (Wildman–Crippen LogP) is 2.87. The Kier molecular flexibility index (Phi) is 5.82. The van der Waals surface area contributed by atoms with Gasteiger partial charge in [0.15, 0.2) is 11.3 Å². The zero-order valence-corrected chi connectivity index (χ0v) is 19.4. The van der Waals surface area contributed by atoms with Gasteiger partial charge in [-0.25, -0.2) is 19.1 Å². The Bertz CT molecular complexity index is 1190. The minimum atomic E-state index is -0.626. The number of rotatable bonds is 4. The molecule has 0 bridgehead atoms. The number of hydrogen-bond acceptors (Lipinski definition) is 7. The van der Waals surface area contributed by atoms with Crippen molar-refractivity contribution in [3.05, 3.63) is 53.0 Å². The number of amides is 1. The molecule has 2 heterocycles. The molecule has 1 N–H and O–H groups in total. The van der Waals surface area contributed by atoms with Crippen molar-refractivity contribution in [3.8, 4) is 0 Å². The van der Waals surface area contributed by atoms with Crippen molar-refractivity contribution >= 4 is 23.5 Å². The number of aromatic nitrogens is 3. The summed E-state index contributed by atoms with van der Waals surface area (Å²) in [6, 6.07) is 2.88. The zero-order chi connectivity index (χ0) is 23.9. The second-order valence-corrected chi connectivity index (χ2v) is 9.42. The maximum atomic E-state index is 13.2. The highest BCUT2D eigenvalue weighted by molar-refractivity contribution is 5.97. The standard InChI is InChI=1S/C24H28N4O5/c1-13-14-8-9-17(16(14)7-6-15(13)22(30)33-24(2,3)4)27-21(29)19-12-18(23(31)32-5)26-20-10-11-25-28(19)20/h6-7,10-12,14,16-17H,8-9H2,1-5H3,(H,27,29)/t14?,16?,17-/m0/s1. The maximum Gasteiger partial charge on any atom is 0.356 e. The lowest BCUT2D eigenvalue weighted by Crippen LogP contribution is -2.40. The molecule has 1 fully saturated rings. The quantitative estimate of drug-likeness (QED) is 0.710. The molecule has 0 radical (unpaired) electrons. The zero-order valence-electron chi connectivity index (χ0n) is 19.4. The molecule has 9 heteroatoms. The van der Waals surface area contributed by atoms with Gasteiger partial charge in [-0.05, 0) is 46.5 Å². The summed E-state index contributed by atoms with van der Waals surface area (Å²) < 4.78 is 11.7. The van der Waals surface area contributed by atoms with E-state index in [1.54, 1.807) is 6.07 Å². The van der Waals surface area contributed by atoms with E-state index in [0.717, 1.165) is 18.4 Å². The molecule has 0 aromatic carbocycles. The van der Waals surface area contributed by atoms with E-state index in [0.29, 0.717) is 11.2 Å². The van der Waals surface area contributed by atoms with E-state index in [1.165, 1.54) is 23.9 Å². The molecule has 0 spiro atoms. The molecule has 9 nitrogen and oxygen atoms in total. The van der Waals surface area contributed by atoms with Crippen molar-refractivity contribution in [2.24, 2.45) is 11.8 Å². The summed E-state index contributed by atoms with van der Waals surface area (Å²) in [6.45, 7) is 7.50. The fraction of sp³-hybridized carbons (Fsp3) is 0.458. The van der Waals surface area contributed by atoms with E-state index in [2.05, 4.69) is 15.4 Å². The first kappa shape index (κ1) is 22.7. The Morgan fingerprint density at radius 1 is 1.18 bits per heavy atom. The highest BCUT2D eigenvalue weighted by Gasteiger charge is 2.40. The van der Waals surface area contributed by atoms with Crippen LogP contribution in [0.25, 0.3) is 5.65 Å². The summed E-state index contributed by atoms with van der Waals surface area (Å²) in [5.74, 6) is -1.09. The van der Waals surface area contributed by atoms with Crippen LogP contribution in [-0.2, 0) is 14.3 Å².